The maximum absolute atomic E-state index is 9.04. The Morgan fingerprint density at radius 3 is 2.12 bits per heavy atom. The van der Waals surface area contributed by atoms with E-state index in [2.05, 4.69) is 4.98 Å². The van der Waals surface area contributed by atoms with E-state index >= 15 is 0 Å². The van der Waals surface area contributed by atoms with Gasteiger partial charge in [-0.15, -0.1) is 22.9 Å². The molecule has 136 valence electrons. The van der Waals surface area contributed by atoms with Crippen molar-refractivity contribution in [2.75, 3.05) is 17.3 Å². The lowest BCUT2D eigenvalue weighted by molar-refractivity contribution is -0.105. The molecule has 0 radical (unpaired) electrons. The van der Waals surface area contributed by atoms with Crippen LogP contribution in [-0.4, -0.2) is 22.1 Å². The third kappa shape index (κ3) is 7.18. The standard InChI is InChI=1S/C9H8N2S.C7H8N2S.C2H3ClO/c10-8-4-2-1-3-7(8)9-11-5-6-12-9;8-6-4-2-1-3-5(6)7(9)10;3-1-2-4/h1-6H,10H2;1-4H,8H2,(H2,9,10);2H,1H2. The SMILES string of the molecule is NC(=S)c1ccccc1N.Nc1ccccc1-c1nccs1.O=CCCl. The lowest BCUT2D eigenvalue weighted by atomic mass is 10.2. The molecule has 0 bridgehead atoms. The third-order valence-corrected chi connectivity index (χ3v) is 4.07. The fraction of sp³-hybridized carbons (Fsp3) is 0.0556. The van der Waals surface area contributed by atoms with Crippen LogP contribution < -0.4 is 17.2 Å². The van der Waals surface area contributed by atoms with Crippen molar-refractivity contribution in [3.8, 4) is 10.6 Å². The van der Waals surface area contributed by atoms with E-state index in [4.69, 9.17) is 45.8 Å². The maximum Gasteiger partial charge on any atom is 0.134 e. The summed E-state index contributed by atoms with van der Waals surface area (Å²) in [7, 11) is 0. The van der Waals surface area contributed by atoms with Gasteiger partial charge in [-0.1, -0.05) is 36.5 Å². The summed E-state index contributed by atoms with van der Waals surface area (Å²) in [6, 6.07) is 15.0. The molecule has 0 fully saturated rings. The monoisotopic (exact) mass is 406 g/mol. The van der Waals surface area contributed by atoms with Gasteiger partial charge >= 0.3 is 0 Å². The Hall–Kier alpha value is -2.48. The highest BCUT2D eigenvalue weighted by molar-refractivity contribution is 7.80. The summed E-state index contributed by atoms with van der Waals surface area (Å²) in [6.07, 6.45) is 2.42. The number of nitrogens with zero attached hydrogens (tertiary/aromatic N) is 1. The van der Waals surface area contributed by atoms with Gasteiger partial charge in [0.1, 0.15) is 16.3 Å². The first-order chi connectivity index (χ1) is 12.5. The number of halogens is 1. The van der Waals surface area contributed by atoms with Gasteiger partial charge in [0.05, 0.1) is 5.88 Å². The van der Waals surface area contributed by atoms with Gasteiger partial charge in [0.25, 0.3) is 0 Å². The molecule has 6 N–H and O–H groups in total. The molecule has 0 saturated heterocycles. The fourth-order valence-electron chi connectivity index (χ4n) is 1.77. The molecule has 3 aromatic rings. The summed E-state index contributed by atoms with van der Waals surface area (Å²) in [5.74, 6) is 0.111. The number of nitrogens with two attached hydrogens (primary N) is 3. The van der Waals surface area contributed by atoms with Crippen LogP contribution >= 0.6 is 35.2 Å². The molecule has 26 heavy (non-hydrogen) atoms. The predicted molar refractivity (Wildman–Crippen MR) is 115 cm³/mol. The summed E-state index contributed by atoms with van der Waals surface area (Å²) >= 11 is 11.2. The van der Waals surface area contributed by atoms with Crippen molar-refractivity contribution in [1.82, 2.24) is 4.98 Å². The van der Waals surface area contributed by atoms with Crippen LogP contribution in [0.5, 0.6) is 0 Å². The first kappa shape index (κ1) is 21.6. The number of aromatic nitrogens is 1. The van der Waals surface area contributed by atoms with Crippen LogP contribution in [0.2, 0.25) is 0 Å². The number of nitrogen functional groups attached to an aromatic ring is 2. The number of alkyl halides is 1. The van der Waals surface area contributed by atoms with E-state index in [9.17, 15) is 0 Å². The molecule has 2 aromatic carbocycles. The van der Waals surface area contributed by atoms with Crippen LogP contribution in [0.15, 0.2) is 60.1 Å². The highest BCUT2D eigenvalue weighted by atomic mass is 35.5. The van der Waals surface area contributed by atoms with Crippen molar-refractivity contribution in [3.63, 3.8) is 0 Å². The molecule has 0 atom stereocenters. The van der Waals surface area contributed by atoms with Crippen LogP contribution in [0, 0.1) is 0 Å². The number of anilines is 2. The minimum Gasteiger partial charge on any atom is -0.398 e. The number of benzene rings is 2. The third-order valence-electron chi connectivity index (χ3n) is 2.91. The molecular formula is C18H19ClN4OS2. The van der Waals surface area contributed by atoms with Crippen LogP contribution in [0.4, 0.5) is 11.4 Å². The molecule has 1 heterocycles. The number of hydrogen-bond acceptors (Lipinski definition) is 6. The Morgan fingerprint density at radius 1 is 1.12 bits per heavy atom. The number of thiazole rings is 1. The summed E-state index contributed by atoms with van der Waals surface area (Å²) in [5.41, 5.74) is 19.9. The van der Waals surface area contributed by atoms with Crippen molar-refractivity contribution in [2.24, 2.45) is 5.73 Å². The van der Waals surface area contributed by atoms with Crippen molar-refractivity contribution in [3.05, 3.63) is 65.7 Å². The van der Waals surface area contributed by atoms with Gasteiger partial charge in [-0.3, -0.25) is 0 Å². The first-order valence-electron chi connectivity index (χ1n) is 7.39. The zero-order valence-corrected chi connectivity index (χ0v) is 16.2. The average molecular weight is 407 g/mol. The second-order valence-corrected chi connectivity index (χ2v) is 6.34. The number of thiocarbonyl (C=S) groups is 1. The highest BCUT2D eigenvalue weighted by Crippen LogP contribution is 2.26. The molecule has 0 aliphatic heterocycles. The van der Waals surface area contributed by atoms with Gasteiger partial charge in [0.2, 0.25) is 0 Å². The van der Waals surface area contributed by atoms with Gasteiger partial charge in [0.15, 0.2) is 0 Å². The van der Waals surface area contributed by atoms with Gasteiger partial charge < -0.3 is 22.0 Å². The Morgan fingerprint density at radius 2 is 1.69 bits per heavy atom. The van der Waals surface area contributed by atoms with E-state index < -0.39 is 0 Å². The number of rotatable bonds is 3. The number of para-hydroxylation sites is 2. The minimum atomic E-state index is 0.111. The van der Waals surface area contributed by atoms with Crippen LogP contribution in [0.25, 0.3) is 10.6 Å². The molecule has 0 aliphatic rings. The van der Waals surface area contributed by atoms with Gasteiger partial charge in [-0.25, -0.2) is 4.98 Å². The van der Waals surface area contributed by atoms with Crippen molar-refractivity contribution < 1.29 is 4.79 Å². The predicted octanol–water partition coefficient (Wildman–Crippen LogP) is 3.72. The normalized spacial score (nSPS) is 9.12. The Labute approximate surface area is 166 Å². The quantitative estimate of drug-likeness (QED) is 0.265. The number of carbonyl (C=O) groups is 1. The second-order valence-electron chi connectivity index (χ2n) is 4.70. The van der Waals surface area contributed by atoms with E-state index in [-0.39, 0.29) is 5.88 Å². The van der Waals surface area contributed by atoms with E-state index in [1.807, 2.05) is 41.8 Å². The van der Waals surface area contributed by atoms with Crippen molar-refractivity contribution in [1.29, 1.82) is 0 Å². The zero-order chi connectivity index (χ0) is 19.4. The fourth-order valence-corrected chi connectivity index (χ4v) is 2.64. The van der Waals surface area contributed by atoms with Gasteiger partial charge in [0, 0.05) is 34.1 Å². The Kier molecular flexibility index (Phi) is 9.93. The highest BCUT2D eigenvalue weighted by Gasteiger charge is 2.02. The van der Waals surface area contributed by atoms with Crippen molar-refractivity contribution >= 4 is 57.8 Å². The average Bonchev–Trinajstić information content (AvgIpc) is 3.17. The maximum atomic E-state index is 9.04. The van der Waals surface area contributed by atoms with Crippen molar-refractivity contribution in [2.45, 2.75) is 0 Å². The molecule has 5 nitrogen and oxygen atoms in total. The summed E-state index contributed by atoms with van der Waals surface area (Å²) in [6.45, 7) is 0. The number of aldehydes is 1. The molecule has 0 spiro atoms. The molecule has 1 aromatic heterocycles. The van der Waals surface area contributed by atoms with E-state index in [1.165, 1.54) is 0 Å². The summed E-state index contributed by atoms with van der Waals surface area (Å²) in [4.78, 5) is 13.6. The smallest absolute Gasteiger partial charge is 0.134 e. The second kappa shape index (κ2) is 12.0. The van der Waals surface area contributed by atoms with E-state index in [0.29, 0.717) is 17.0 Å². The largest absolute Gasteiger partial charge is 0.398 e. The topological polar surface area (TPSA) is 108 Å². The number of hydrogen-bond donors (Lipinski definition) is 3. The molecule has 0 amide bonds. The van der Waals surface area contributed by atoms with E-state index in [0.717, 1.165) is 21.8 Å². The van der Waals surface area contributed by atoms with Crippen LogP contribution in [0.3, 0.4) is 0 Å². The van der Waals surface area contributed by atoms with E-state index in [1.54, 1.807) is 29.7 Å². The number of carbonyl (C=O) groups excluding carboxylic acids is 1. The Balaban J connectivity index is 0.000000220. The van der Waals surface area contributed by atoms with Gasteiger partial charge in [-0.05, 0) is 24.3 Å². The molecular weight excluding hydrogens is 388 g/mol. The summed E-state index contributed by atoms with van der Waals surface area (Å²) < 4.78 is 0. The molecule has 0 saturated carbocycles. The molecule has 0 unspecified atom stereocenters. The lowest BCUT2D eigenvalue weighted by Crippen LogP contribution is -2.11. The Bertz CT molecular complexity index is 826. The zero-order valence-electron chi connectivity index (χ0n) is 13.8. The van der Waals surface area contributed by atoms with Gasteiger partial charge in [-0.2, -0.15) is 0 Å². The first-order valence-corrected chi connectivity index (χ1v) is 9.21. The molecule has 3 rings (SSSR count). The van der Waals surface area contributed by atoms with Crippen LogP contribution in [-0.2, 0) is 4.79 Å². The molecule has 0 aliphatic carbocycles. The lowest BCUT2D eigenvalue weighted by Gasteiger charge is -2.00. The summed E-state index contributed by atoms with van der Waals surface area (Å²) in [5, 5.41) is 2.93. The minimum absolute atomic E-state index is 0.111. The van der Waals surface area contributed by atoms with Crippen LogP contribution in [0.1, 0.15) is 5.56 Å². The molecule has 8 heteroatoms.